The molecule has 3 aliphatic rings. The number of nitrogens with zero attached hydrogens (tertiary/aromatic N) is 4. The Kier molecular flexibility index (Phi) is 8.57. The summed E-state index contributed by atoms with van der Waals surface area (Å²) < 4.78 is 0. The van der Waals surface area contributed by atoms with Crippen molar-refractivity contribution in [1.82, 2.24) is 15.3 Å². The second kappa shape index (κ2) is 12.2. The predicted octanol–water partition coefficient (Wildman–Crippen LogP) is 6.04. The lowest BCUT2D eigenvalue weighted by Gasteiger charge is -2.38. The molecule has 0 bridgehead atoms. The third kappa shape index (κ3) is 6.28. The van der Waals surface area contributed by atoms with Crippen LogP contribution < -0.4 is 20.4 Å². The Morgan fingerprint density at radius 1 is 0.750 bits per heavy atom. The zero-order valence-electron chi connectivity index (χ0n) is 21.7. The molecule has 0 radical (unpaired) electrons. The summed E-state index contributed by atoms with van der Waals surface area (Å²) in [4.78, 5) is 14.7. The van der Waals surface area contributed by atoms with Gasteiger partial charge in [0.15, 0.2) is 5.11 Å². The topological polar surface area (TPSA) is 56.3 Å². The molecule has 0 spiro atoms. The molecule has 0 amide bonds. The Labute approximate surface area is 222 Å². The van der Waals surface area contributed by atoms with Gasteiger partial charge in [-0.05, 0) is 62.7 Å². The molecule has 2 saturated heterocycles. The second-order valence-electron chi connectivity index (χ2n) is 10.9. The van der Waals surface area contributed by atoms with Crippen molar-refractivity contribution < 1.29 is 0 Å². The van der Waals surface area contributed by atoms with E-state index in [0.29, 0.717) is 11.1 Å². The molecule has 2 aliphatic heterocycles. The number of hydrogen-bond donors (Lipinski definition) is 2. The molecular formula is C29H42N6S. The summed E-state index contributed by atoms with van der Waals surface area (Å²) in [5, 5.41) is 7.55. The average Bonchev–Trinajstić information content (AvgIpc) is 3.23. The first kappa shape index (κ1) is 25.2. The highest BCUT2D eigenvalue weighted by atomic mass is 32.1. The van der Waals surface area contributed by atoms with E-state index in [2.05, 4.69) is 56.8 Å². The van der Waals surface area contributed by atoms with E-state index in [-0.39, 0.29) is 5.41 Å². The number of anilines is 3. The Morgan fingerprint density at radius 2 is 1.28 bits per heavy atom. The van der Waals surface area contributed by atoms with Crippen LogP contribution in [0.25, 0.3) is 0 Å². The van der Waals surface area contributed by atoms with Crippen LogP contribution in [0.3, 0.4) is 0 Å². The molecule has 2 N–H and O–H groups in total. The maximum absolute atomic E-state index is 5.80. The van der Waals surface area contributed by atoms with Crippen LogP contribution >= 0.6 is 12.2 Å². The first-order valence-corrected chi connectivity index (χ1v) is 14.6. The summed E-state index contributed by atoms with van der Waals surface area (Å²) in [6.07, 6.45) is 15.1. The molecular weight excluding hydrogens is 464 g/mol. The second-order valence-corrected chi connectivity index (χ2v) is 11.3. The minimum Gasteiger partial charge on any atom is -0.361 e. The van der Waals surface area contributed by atoms with Gasteiger partial charge in [-0.3, -0.25) is 0 Å². The van der Waals surface area contributed by atoms with Crippen molar-refractivity contribution in [3.05, 3.63) is 42.0 Å². The van der Waals surface area contributed by atoms with Crippen LogP contribution in [-0.4, -0.2) is 47.8 Å². The molecule has 3 heterocycles. The lowest BCUT2D eigenvalue weighted by Crippen LogP contribution is -2.43. The minimum absolute atomic E-state index is 0.138. The fraction of sp³-hybridized carbons (Fsp3) is 0.621. The largest absolute Gasteiger partial charge is 0.361 e. The molecule has 1 aromatic heterocycles. The van der Waals surface area contributed by atoms with Gasteiger partial charge in [-0.15, -0.1) is 0 Å². The standard InChI is InChI=1S/C29H42N6S/c36-28(30-23-29(16-8-4-9-17-29)24-14-6-3-7-15-24)33-27-31-25(34-18-10-1-2-11-19-34)22-26(32-27)35-20-12-5-13-21-35/h3,6-7,14-15,22H,1-2,4-5,8-13,16-21,23H2,(H2,30,31,32,33,36). The van der Waals surface area contributed by atoms with Crippen molar-refractivity contribution in [1.29, 1.82) is 0 Å². The van der Waals surface area contributed by atoms with Crippen LogP contribution in [0, 0.1) is 0 Å². The number of aromatic nitrogens is 2. The van der Waals surface area contributed by atoms with Gasteiger partial charge in [0.2, 0.25) is 5.95 Å². The van der Waals surface area contributed by atoms with Crippen molar-refractivity contribution in [3.8, 4) is 0 Å². The van der Waals surface area contributed by atoms with Gasteiger partial charge in [0.1, 0.15) is 11.6 Å². The van der Waals surface area contributed by atoms with E-state index in [9.17, 15) is 0 Å². The Hall–Kier alpha value is -2.41. The van der Waals surface area contributed by atoms with Crippen LogP contribution in [0.1, 0.15) is 82.6 Å². The van der Waals surface area contributed by atoms with Crippen LogP contribution in [0.4, 0.5) is 17.6 Å². The smallest absolute Gasteiger partial charge is 0.232 e. The maximum atomic E-state index is 5.80. The summed E-state index contributed by atoms with van der Waals surface area (Å²) in [5.74, 6) is 2.68. The van der Waals surface area contributed by atoms with E-state index in [1.54, 1.807) is 0 Å². The van der Waals surface area contributed by atoms with Crippen molar-refractivity contribution in [2.45, 2.75) is 82.5 Å². The lowest BCUT2D eigenvalue weighted by molar-refractivity contribution is 0.292. The molecule has 36 heavy (non-hydrogen) atoms. The third-order valence-corrected chi connectivity index (χ3v) is 8.57. The van der Waals surface area contributed by atoms with Crippen LogP contribution in [0.15, 0.2) is 36.4 Å². The molecule has 1 aliphatic carbocycles. The van der Waals surface area contributed by atoms with Gasteiger partial charge in [0.05, 0.1) is 0 Å². The molecule has 7 heteroatoms. The summed E-state index contributed by atoms with van der Waals surface area (Å²) in [6, 6.07) is 13.2. The van der Waals surface area contributed by atoms with E-state index >= 15 is 0 Å². The van der Waals surface area contributed by atoms with Crippen LogP contribution in [-0.2, 0) is 5.41 Å². The lowest BCUT2D eigenvalue weighted by atomic mass is 9.69. The van der Waals surface area contributed by atoms with Gasteiger partial charge >= 0.3 is 0 Å². The molecule has 3 fully saturated rings. The average molecular weight is 507 g/mol. The van der Waals surface area contributed by atoms with Gasteiger partial charge in [0.25, 0.3) is 0 Å². The Morgan fingerprint density at radius 3 is 1.86 bits per heavy atom. The highest BCUT2D eigenvalue weighted by Gasteiger charge is 2.33. The first-order valence-electron chi connectivity index (χ1n) is 14.2. The number of nitrogens with one attached hydrogen (secondary N) is 2. The van der Waals surface area contributed by atoms with Gasteiger partial charge in [-0.2, -0.15) is 9.97 Å². The molecule has 1 aromatic carbocycles. The van der Waals surface area contributed by atoms with Gasteiger partial charge < -0.3 is 20.4 Å². The highest BCUT2D eigenvalue weighted by molar-refractivity contribution is 7.80. The van der Waals surface area contributed by atoms with Gasteiger partial charge in [-0.1, -0.05) is 62.4 Å². The molecule has 2 aromatic rings. The zero-order valence-corrected chi connectivity index (χ0v) is 22.5. The summed E-state index contributed by atoms with van der Waals surface area (Å²) in [5.41, 5.74) is 1.56. The van der Waals surface area contributed by atoms with Crippen molar-refractivity contribution in [2.24, 2.45) is 0 Å². The van der Waals surface area contributed by atoms with E-state index in [1.165, 1.54) is 82.6 Å². The Balaban J connectivity index is 1.31. The fourth-order valence-electron chi connectivity index (χ4n) is 6.21. The van der Waals surface area contributed by atoms with Crippen molar-refractivity contribution >= 4 is 34.9 Å². The van der Waals surface area contributed by atoms with Crippen LogP contribution in [0.2, 0.25) is 0 Å². The highest BCUT2D eigenvalue weighted by Crippen LogP contribution is 2.39. The SMILES string of the molecule is S=C(NCC1(c2ccccc2)CCCCC1)Nc1nc(N2CCCCCC2)cc(N2CCCCC2)n1. The summed E-state index contributed by atoms with van der Waals surface area (Å²) in [6.45, 7) is 5.11. The number of benzene rings is 1. The van der Waals surface area contributed by atoms with Crippen LogP contribution in [0.5, 0.6) is 0 Å². The summed E-state index contributed by atoms with van der Waals surface area (Å²) >= 11 is 5.80. The van der Waals surface area contributed by atoms with E-state index in [4.69, 9.17) is 22.2 Å². The normalized spacial score (nSPS) is 20.4. The predicted molar refractivity (Wildman–Crippen MR) is 154 cm³/mol. The van der Waals surface area contributed by atoms with E-state index < -0.39 is 0 Å². The van der Waals surface area contributed by atoms with Gasteiger partial charge in [0, 0.05) is 44.2 Å². The molecule has 1 saturated carbocycles. The minimum atomic E-state index is 0.138. The monoisotopic (exact) mass is 506 g/mol. The quantitative estimate of drug-likeness (QED) is 0.464. The number of piperidine rings is 1. The van der Waals surface area contributed by atoms with E-state index in [0.717, 1.165) is 44.4 Å². The number of rotatable bonds is 6. The number of thiocarbonyl (C=S) groups is 1. The third-order valence-electron chi connectivity index (χ3n) is 8.32. The molecule has 0 atom stereocenters. The molecule has 194 valence electrons. The first-order chi connectivity index (χ1) is 17.7. The molecule has 5 rings (SSSR count). The molecule has 6 nitrogen and oxygen atoms in total. The zero-order chi connectivity index (χ0) is 24.6. The summed E-state index contributed by atoms with van der Waals surface area (Å²) in [7, 11) is 0. The van der Waals surface area contributed by atoms with Gasteiger partial charge in [-0.25, -0.2) is 0 Å². The van der Waals surface area contributed by atoms with Crippen molar-refractivity contribution in [2.75, 3.05) is 47.8 Å². The van der Waals surface area contributed by atoms with E-state index in [1.807, 2.05) is 0 Å². The molecule has 0 unspecified atom stereocenters. The van der Waals surface area contributed by atoms with Crippen molar-refractivity contribution in [3.63, 3.8) is 0 Å². The number of hydrogen-bond acceptors (Lipinski definition) is 5. The maximum Gasteiger partial charge on any atom is 0.232 e. The Bertz CT molecular complexity index is 977. The fourth-order valence-corrected chi connectivity index (χ4v) is 6.37.